The van der Waals surface area contributed by atoms with Crippen molar-refractivity contribution in [3.8, 4) is 17.1 Å². The third kappa shape index (κ3) is 3.44. The van der Waals surface area contributed by atoms with Crippen LogP contribution >= 0.6 is 12.4 Å². The van der Waals surface area contributed by atoms with Gasteiger partial charge in [-0.15, -0.1) is 12.4 Å². The van der Waals surface area contributed by atoms with Crippen molar-refractivity contribution >= 4 is 12.4 Å². The van der Waals surface area contributed by atoms with E-state index in [1.807, 2.05) is 16.8 Å². The molecule has 0 spiro atoms. The van der Waals surface area contributed by atoms with E-state index in [2.05, 4.69) is 51.4 Å². The molecule has 0 aliphatic carbocycles. The Balaban J connectivity index is 0.00000182. The van der Waals surface area contributed by atoms with Crippen molar-refractivity contribution in [1.29, 1.82) is 0 Å². The molecular weight excluding hydrogens is 340 g/mol. The van der Waals surface area contributed by atoms with Gasteiger partial charge in [-0.2, -0.15) is 4.98 Å². The summed E-state index contributed by atoms with van der Waals surface area (Å²) in [5.41, 5.74) is 3.03. The maximum atomic E-state index is 5.60. The Hall–Kier alpha value is -2.22. The average molecular weight is 361 g/mol. The van der Waals surface area contributed by atoms with Crippen molar-refractivity contribution in [2.24, 2.45) is 0 Å². The first kappa shape index (κ1) is 17.6. The van der Waals surface area contributed by atoms with Gasteiger partial charge in [0.25, 0.3) is 5.89 Å². The van der Waals surface area contributed by atoms with E-state index < -0.39 is 0 Å². The van der Waals surface area contributed by atoms with Crippen molar-refractivity contribution < 1.29 is 4.52 Å². The van der Waals surface area contributed by atoms with Gasteiger partial charge in [-0.05, 0) is 26.1 Å². The molecule has 1 aliphatic heterocycles. The molecule has 2 aromatic heterocycles. The number of hydrogen-bond donors (Lipinski definition) is 1. The van der Waals surface area contributed by atoms with Crippen LogP contribution in [0.2, 0.25) is 0 Å². The molecule has 25 heavy (non-hydrogen) atoms. The number of benzene rings is 1. The highest BCUT2D eigenvalue weighted by atomic mass is 35.5. The second kappa shape index (κ2) is 7.35. The highest BCUT2D eigenvalue weighted by Crippen LogP contribution is 2.28. The van der Waals surface area contributed by atoms with Crippen LogP contribution in [0, 0.1) is 6.92 Å². The number of aromatic nitrogens is 4. The predicted molar refractivity (Wildman–Crippen MR) is 97.1 cm³/mol. The van der Waals surface area contributed by atoms with Crippen LogP contribution in [0.5, 0.6) is 0 Å². The second-order valence-electron chi connectivity index (χ2n) is 6.15. The summed E-state index contributed by atoms with van der Waals surface area (Å²) in [7, 11) is 2.09. The number of nitrogens with one attached hydrogen (secondary N) is 1. The quantitative estimate of drug-likeness (QED) is 0.772. The third-order valence-corrected chi connectivity index (χ3v) is 4.42. The lowest BCUT2D eigenvalue weighted by atomic mass is 10.1. The molecule has 1 saturated heterocycles. The van der Waals surface area contributed by atoms with Crippen LogP contribution in [0.15, 0.2) is 41.4 Å². The molecule has 4 rings (SSSR count). The Morgan fingerprint density at radius 1 is 1.32 bits per heavy atom. The van der Waals surface area contributed by atoms with E-state index in [1.165, 1.54) is 0 Å². The summed E-state index contributed by atoms with van der Waals surface area (Å²) in [5.74, 6) is 1.26. The summed E-state index contributed by atoms with van der Waals surface area (Å²) >= 11 is 0. The summed E-state index contributed by atoms with van der Waals surface area (Å²) in [4.78, 5) is 11.0. The SMILES string of the molecule is Cc1ccc(-n2ccnc2)c(-c2nc(C3CNCCN3C)no2)c1.Cl. The normalized spacial score (nSPS) is 18.1. The fourth-order valence-corrected chi connectivity index (χ4v) is 3.02. The number of halogens is 1. The van der Waals surface area contributed by atoms with Gasteiger partial charge in [-0.25, -0.2) is 4.98 Å². The predicted octanol–water partition coefficient (Wildman–Crippen LogP) is 2.23. The molecule has 1 unspecified atom stereocenters. The molecule has 0 saturated carbocycles. The first-order valence-electron chi connectivity index (χ1n) is 8.06. The van der Waals surface area contributed by atoms with E-state index >= 15 is 0 Å². The molecule has 8 heteroatoms. The first-order chi connectivity index (χ1) is 11.7. The number of piperazine rings is 1. The Morgan fingerprint density at radius 3 is 2.96 bits per heavy atom. The minimum absolute atomic E-state index is 0. The molecule has 0 amide bonds. The van der Waals surface area contributed by atoms with Crippen molar-refractivity contribution in [2.45, 2.75) is 13.0 Å². The van der Waals surface area contributed by atoms with Crippen LogP contribution in [0.3, 0.4) is 0 Å². The minimum atomic E-state index is 0. The summed E-state index contributed by atoms with van der Waals surface area (Å²) in [6.07, 6.45) is 5.43. The van der Waals surface area contributed by atoms with E-state index in [1.54, 1.807) is 12.5 Å². The molecule has 1 N–H and O–H groups in total. The molecule has 3 heterocycles. The lowest BCUT2D eigenvalue weighted by molar-refractivity contribution is 0.190. The zero-order chi connectivity index (χ0) is 16.5. The number of imidazole rings is 1. The van der Waals surface area contributed by atoms with Gasteiger partial charge in [0.05, 0.1) is 23.6 Å². The van der Waals surface area contributed by atoms with E-state index in [9.17, 15) is 0 Å². The van der Waals surface area contributed by atoms with E-state index in [4.69, 9.17) is 4.52 Å². The topological polar surface area (TPSA) is 72.0 Å². The monoisotopic (exact) mass is 360 g/mol. The Morgan fingerprint density at radius 2 is 2.20 bits per heavy atom. The van der Waals surface area contributed by atoms with Crippen molar-refractivity contribution in [3.63, 3.8) is 0 Å². The molecule has 7 nitrogen and oxygen atoms in total. The lowest BCUT2D eigenvalue weighted by Crippen LogP contribution is -2.44. The minimum Gasteiger partial charge on any atom is -0.334 e. The number of rotatable bonds is 3. The fourth-order valence-electron chi connectivity index (χ4n) is 3.02. The van der Waals surface area contributed by atoms with Crippen LogP contribution in [0.25, 0.3) is 17.1 Å². The van der Waals surface area contributed by atoms with Crippen molar-refractivity contribution in [2.75, 3.05) is 26.7 Å². The molecule has 0 radical (unpaired) electrons. The first-order valence-corrected chi connectivity index (χ1v) is 8.06. The molecule has 1 aromatic carbocycles. The van der Waals surface area contributed by atoms with Gasteiger partial charge in [0.2, 0.25) is 0 Å². The zero-order valence-electron chi connectivity index (χ0n) is 14.2. The summed E-state index contributed by atoms with van der Waals surface area (Å²) in [5, 5.41) is 7.61. The molecule has 1 aliphatic rings. The number of likely N-dealkylation sites (N-methyl/N-ethyl adjacent to an activating group) is 1. The molecule has 132 valence electrons. The molecule has 1 atom stereocenters. The molecular formula is C17H21ClN6O. The van der Waals surface area contributed by atoms with Crippen molar-refractivity contribution in [3.05, 3.63) is 48.3 Å². The van der Waals surface area contributed by atoms with Crippen LogP contribution in [-0.4, -0.2) is 51.3 Å². The largest absolute Gasteiger partial charge is 0.334 e. The zero-order valence-corrected chi connectivity index (χ0v) is 15.0. The summed E-state index contributed by atoms with van der Waals surface area (Å²) in [6.45, 7) is 4.84. The third-order valence-electron chi connectivity index (χ3n) is 4.42. The maximum Gasteiger partial charge on any atom is 0.260 e. The van der Waals surface area contributed by atoms with E-state index in [-0.39, 0.29) is 18.4 Å². The van der Waals surface area contributed by atoms with Gasteiger partial charge in [-0.1, -0.05) is 16.8 Å². The number of aryl methyl sites for hydroxylation is 1. The van der Waals surface area contributed by atoms with Gasteiger partial charge in [0.15, 0.2) is 5.82 Å². The van der Waals surface area contributed by atoms with Gasteiger partial charge in [-0.3, -0.25) is 4.90 Å². The Bertz CT molecular complexity index is 832. The Kier molecular flexibility index (Phi) is 5.17. The number of nitrogens with zero attached hydrogens (tertiary/aromatic N) is 5. The van der Waals surface area contributed by atoms with Crippen LogP contribution in [0.4, 0.5) is 0 Å². The van der Waals surface area contributed by atoms with Crippen LogP contribution < -0.4 is 5.32 Å². The van der Waals surface area contributed by atoms with Gasteiger partial charge < -0.3 is 14.4 Å². The highest BCUT2D eigenvalue weighted by Gasteiger charge is 2.26. The number of hydrogen-bond acceptors (Lipinski definition) is 6. The summed E-state index contributed by atoms with van der Waals surface area (Å²) < 4.78 is 7.55. The van der Waals surface area contributed by atoms with Gasteiger partial charge >= 0.3 is 0 Å². The highest BCUT2D eigenvalue weighted by molar-refractivity contribution is 5.85. The van der Waals surface area contributed by atoms with E-state index in [0.717, 1.165) is 42.3 Å². The summed E-state index contributed by atoms with van der Waals surface area (Å²) in [6, 6.07) is 6.31. The smallest absolute Gasteiger partial charge is 0.260 e. The molecule has 0 bridgehead atoms. The van der Waals surface area contributed by atoms with Crippen LogP contribution in [0.1, 0.15) is 17.4 Å². The fraction of sp³-hybridized carbons (Fsp3) is 0.353. The average Bonchev–Trinajstić information content (AvgIpc) is 3.27. The van der Waals surface area contributed by atoms with Crippen LogP contribution in [-0.2, 0) is 0 Å². The lowest BCUT2D eigenvalue weighted by Gasteiger charge is -2.30. The standard InChI is InChI=1S/C17H20N6O.ClH/c1-12-3-4-14(23-8-6-19-11-23)13(9-12)17-20-16(21-24-17)15-10-18-5-7-22(15)2;/h3-4,6,8-9,11,15,18H,5,7,10H2,1-2H3;1H. The second-order valence-corrected chi connectivity index (χ2v) is 6.15. The van der Waals surface area contributed by atoms with Gasteiger partial charge in [0.1, 0.15) is 0 Å². The Labute approximate surface area is 152 Å². The van der Waals surface area contributed by atoms with Gasteiger partial charge in [0, 0.05) is 32.0 Å². The van der Waals surface area contributed by atoms with E-state index in [0.29, 0.717) is 5.89 Å². The molecule has 1 fully saturated rings. The molecule has 3 aromatic rings. The maximum absolute atomic E-state index is 5.60. The van der Waals surface area contributed by atoms with Crippen molar-refractivity contribution in [1.82, 2.24) is 29.9 Å².